The van der Waals surface area contributed by atoms with Gasteiger partial charge in [-0.05, 0) is 50.5 Å². The zero-order chi connectivity index (χ0) is 17.9. The molecule has 4 nitrogen and oxygen atoms in total. The van der Waals surface area contributed by atoms with Gasteiger partial charge in [-0.15, -0.1) is 0 Å². The van der Waals surface area contributed by atoms with E-state index in [0.29, 0.717) is 0 Å². The molecule has 0 bridgehead atoms. The molecule has 0 spiro atoms. The van der Waals surface area contributed by atoms with Crippen molar-refractivity contribution in [1.82, 2.24) is 16.0 Å². The van der Waals surface area contributed by atoms with Gasteiger partial charge >= 0.3 is 0 Å². The van der Waals surface area contributed by atoms with Crippen LogP contribution in [0.25, 0.3) is 0 Å². The number of aliphatic imine (C=N–C) groups is 1. The Kier molecular flexibility index (Phi) is 7.83. The summed E-state index contributed by atoms with van der Waals surface area (Å²) in [5, 5.41) is 9.93. The maximum atomic E-state index is 4.05. The van der Waals surface area contributed by atoms with Crippen LogP contribution in [0, 0.1) is 6.92 Å². The van der Waals surface area contributed by atoms with Gasteiger partial charge in [-0.25, -0.2) is 4.99 Å². The molecule has 0 saturated heterocycles. The molecule has 1 heterocycles. The van der Waals surface area contributed by atoms with Crippen LogP contribution in [0.4, 0.5) is 0 Å². The summed E-state index contributed by atoms with van der Waals surface area (Å²) in [6.45, 7) is 12.4. The molecule has 1 aromatic carbocycles. The van der Waals surface area contributed by atoms with Crippen LogP contribution < -0.4 is 16.0 Å². The number of hydrogen-bond donors (Lipinski definition) is 3. The number of unbranched alkanes of at least 4 members (excludes halogenated alkanes) is 1. The average Bonchev–Trinajstić information content (AvgIpc) is 2.64. The molecule has 0 aliphatic carbocycles. The predicted molar refractivity (Wildman–Crippen MR) is 107 cm³/mol. The molecule has 0 amide bonds. The standard InChI is InChI=1S/C21H30N4/c1-17-10-12-19(13-11-17)16-25-18(2)23-14-6-4-5-8-20-9-7-15-24-21(20)22-3/h5,8,10-13,23-25H,2-4,6-7,9,14-16H2,1H3/b8-5-. The van der Waals surface area contributed by atoms with E-state index >= 15 is 0 Å². The molecule has 0 aromatic heterocycles. The fourth-order valence-electron chi connectivity index (χ4n) is 2.70. The summed E-state index contributed by atoms with van der Waals surface area (Å²) in [5.41, 5.74) is 3.81. The van der Waals surface area contributed by atoms with Crippen molar-refractivity contribution in [1.29, 1.82) is 0 Å². The number of benzene rings is 1. The Morgan fingerprint density at radius 2 is 2.08 bits per heavy atom. The van der Waals surface area contributed by atoms with Crippen LogP contribution in [0.5, 0.6) is 0 Å². The Morgan fingerprint density at radius 3 is 2.84 bits per heavy atom. The van der Waals surface area contributed by atoms with E-state index in [9.17, 15) is 0 Å². The molecule has 4 heteroatoms. The van der Waals surface area contributed by atoms with Gasteiger partial charge in [0.05, 0.1) is 5.82 Å². The van der Waals surface area contributed by atoms with Gasteiger partial charge in [0.2, 0.25) is 0 Å². The topological polar surface area (TPSA) is 48.5 Å². The summed E-state index contributed by atoms with van der Waals surface area (Å²) in [6.07, 6.45) is 8.74. The summed E-state index contributed by atoms with van der Waals surface area (Å²) in [5.74, 6) is 1.82. The minimum absolute atomic E-state index is 0.796. The number of hydrogen-bond acceptors (Lipinski definition) is 4. The Labute approximate surface area is 151 Å². The Bertz CT molecular complexity index is 626. The van der Waals surface area contributed by atoms with E-state index in [4.69, 9.17) is 0 Å². The smallest absolute Gasteiger partial charge is 0.128 e. The van der Waals surface area contributed by atoms with E-state index in [0.717, 1.165) is 57.0 Å². The molecule has 3 N–H and O–H groups in total. The molecule has 0 saturated carbocycles. The fraction of sp³-hybridized carbons (Fsp3) is 0.381. The van der Waals surface area contributed by atoms with Crippen molar-refractivity contribution in [3.8, 4) is 0 Å². The SMILES string of the molecule is C=NC1=C(/C=C\CCCNC(=C)NCc2ccc(C)cc2)CCCN1. The molecule has 1 aliphatic heterocycles. The highest BCUT2D eigenvalue weighted by Crippen LogP contribution is 2.16. The highest BCUT2D eigenvalue weighted by molar-refractivity contribution is 5.34. The lowest BCUT2D eigenvalue weighted by atomic mass is 10.1. The van der Waals surface area contributed by atoms with Crippen molar-refractivity contribution in [3.05, 3.63) is 71.3 Å². The summed E-state index contributed by atoms with van der Waals surface area (Å²) < 4.78 is 0. The van der Waals surface area contributed by atoms with Crippen LogP contribution in [-0.2, 0) is 6.54 Å². The molecular weight excluding hydrogens is 308 g/mol. The molecule has 0 fully saturated rings. The highest BCUT2D eigenvalue weighted by Gasteiger charge is 2.07. The maximum absolute atomic E-state index is 4.05. The van der Waals surface area contributed by atoms with Crippen LogP contribution in [0.15, 0.2) is 65.2 Å². The molecule has 25 heavy (non-hydrogen) atoms. The van der Waals surface area contributed by atoms with Crippen molar-refractivity contribution in [2.24, 2.45) is 4.99 Å². The Balaban J connectivity index is 1.60. The molecule has 134 valence electrons. The molecule has 0 radical (unpaired) electrons. The molecule has 1 aromatic rings. The van der Waals surface area contributed by atoms with Gasteiger partial charge in [0.15, 0.2) is 0 Å². The van der Waals surface area contributed by atoms with Gasteiger partial charge in [0, 0.05) is 19.6 Å². The number of rotatable bonds is 10. The van der Waals surface area contributed by atoms with E-state index < -0.39 is 0 Å². The lowest BCUT2D eigenvalue weighted by Crippen LogP contribution is -2.25. The molecule has 1 aliphatic rings. The van der Waals surface area contributed by atoms with Crippen LogP contribution in [0.3, 0.4) is 0 Å². The van der Waals surface area contributed by atoms with Crippen molar-refractivity contribution in [2.45, 2.75) is 39.2 Å². The third-order valence-electron chi connectivity index (χ3n) is 4.21. The maximum Gasteiger partial charge on any atom is 0.128 e. The zero-order valence-electron chi connectivity index (χ0n) is 15.3. The van der Waals surface area contributed by atoms with Gasteiger partial charge in [-0.3, -0.25) is 0 Å². The molecular formula is C21H30N4. The molecule has 2 rings (SSSR count). The molecule has 0 atom stereocenters. The lowest BCUT2D eigenvalue weighted by Gasteiger charge is -2.16. The van der Waals surface area contributed by atoms with E-state index in [-0.39, 0.29) is 0 Å². The lowest BCUT2D eigenvalue weighted by molar-refractivity contribution is 0.657. The first-order chi connectivity index (χ1) is 12.2. The number of nitrogens with one attached hydrogen (secondary N) is 3. The predicted octanol–water partition coefficient (Wildman–Crippen LogP) is 3.78. The monoisotopic (exact) mass is 338 g/mol. The third kappa shape index (κ3) is 6.87. The summed E-state index contributed by atoms with van der Waals surface area (Å²) >= 11 is 0. The number of allylic oxidation sites excluding steroid dienone is 3. The second-order valence-corrected chi connectivity index (χ2v) is 6.35. The van der Waals surface area contributed by atoms with E-state index in [2.05, 4.69) is 77.6 Å². The minimum atomic E-state index is 0.796. The number of aryl methyl sites for hydroxylation is 1. The van der Waals surface area contributed by atoms with Crippen LogP contribution >= 0.6 is 0 Å². The Hall–Kier alpha value is -2.49. The van der Waals surface area contributed by atoms with Crippen LogP contribution in [0.2, 0.25) is 0 Å². The van der Waals surface area contributed by atoms with E-state index in [1.165, 1.54) is 16.7 Å². The van der Waals surface area contributed by atoms with Crippen molar-refractivity contribution in [2.75, 3.05) is 13.1 Å². The summed E-state index contributed by atoms with van der Waals surface area (Å²) in [4.78, 5) is 4.05. The van der Waals surface area contributed by atoms with Crippen molar-refractivity contribution in [3.63, 3.8) is 0 Å². The first-order valence-corrected chi connectivity index (χ1v) is 9.01. The Morgan fingerprint density at radius 1 is 1.28 bits per heavy atom. The fourth-order valence-corrected chi connectivity index (χ4v) is 2.70. The average molecular weight is 338 g/mol. The van der Waals surface area contributed by atoms with Crippen LogP contribution in [0.1, 0.15) is 36.8 Å². The van der Waals surface area contributed by atoms with Crippen molar-refractivity contribution >= 4 is 6.72 Å². The van der Waals surface area contributed by atoms with Gasteiger partial charge in [0.25, 0.3) is 0 Å². The van der Waals surface area contributed by atoms with Gasteiger partial charge in [-0.2, -0.15) is 0 Å². The zero-order valence-corrected chi connectivity index (χ0v) is 15.3. The second kappa shape index (κ2) is 10.4. The van der Waals surface area contributed by atoms with E-state index in [1.54, 1.807) is 0 Å². The van der Waals surface area contributed by atoms with Crippen LogP contribution in [-0.4, -0.2) is 19.8 Å². The normalized spacial score (nSPS) is 14.3. The largest absolute Gasteiger partial charge is 0.372 e. The second-order valence-electron chi connectivity index (χ2n) is 6.35. The minimum Gasteiger partial charge on any atom is -0.372 e. The molecule has 0 unspecified atom stereocenters. The van der Waals surface area contributed by atoms with Gasteiger partial charge < -0.3 is 16.0 Å². The van der Waals surface area contributed by atoms with Gasteiger partial charge in [-0.1, -0.05) is 48.6 Å². The third-order valence-corrected chi connectivity index (χ3v) is 4.21. The quantitative estimate of drug-likeness (QED) is 0.449. The highest BCUT2D eigenvalue weighted by atomic mass is 15.1. The van der Waals surface area contributed by atoms with Crippen molar-refractivity contribution < 1.29 is 0 Å². The number of nitrogens with zero attached hydrogens (tertiary/aromatic N) is 1. The first kappa shape index (κ1) is 18.8. The van der Waals surface area contributed by atoms with Gasteiger partial charge in [0.1, 0.15) is 5.82 Å². The first-order valence-electron chi connectivity index (χ1n) is 9.01. The summed E-state index contributed by atoms with van der Waals surface area (Å²) in [7, 11) is 0. The summed E-state index contributed by atoms with van der Waals surface area (Å²) in [6, 6.07) is 8.54. The van der Waals surface area contributed by atoms with E-state index in [1.807, 2.05) is 0 Å².